The highest BCUT2D eigenvalue weighted by Crippen LogP contribution is 2.26. The fraction of sp³-hybridized carbons (Fsp3) is 0.684. The molecular formula is C19H29N3O. The summed E-state index contributed by atoms with van der Waals surface area (Å²) in [6, 6.07) is 4.24. The Morgan fingerprint density at radius 1 is 1.13 bits per heavy atom. The molecule has 1 saturated heterocycles. The van der Waals surface area contributed by atoms with Crippen LogP contribution in [0.3, 0.4) is 0 Å². The van der Waals surface area contributed by atoms with E-state index in [2.05, 4.69) is 17.2 Å². The first-order valence-corrected chi connectivity index (χ1v) is 9.25. The molecule has 1 saturated carbocycles. The van der Waals surface area contributed by atoms with Crippen LogP contribution in [-0.2, 0) is 0 Å². The Morgan fingerprint density at radius 3 is 2.78 bits per heavy atom. The topological polar surface area (TPSA) is 45.2 Å². The lowest BCUT2D eigenvalue weighted by Gasteiger charge is -2.28. The minimum absolute atomic E-state index is 0.141. The first-order chi connectivity index (χ1) is 11.2. The second-order valence-electron chi connectivity index (χ2n) is 7.21. The van der Waals surface area contributed by atoms with Gasteiger partial charge in [-0.15, -0.1) is 0 Å². The van der Waals surface area contributed by atoms with E-state index >= 15 is 0 Å². The van der Waals surface area contributed by atoms with Gasteiger partial charge in [0, 0.05) is 25.3 Å². The Balaban J connectivity index is 1.71. The predicted octanol–water partition coefficient (Wildman–Crippen LogP) is 4.09. The van der Waals surface area contributed by atoms with Gasteiger partial charge in [0.25, 0.3) is 5.91 Å². The number of hydrogen-bond acceptors (Lipinski definition) is 3. The summed E-state index contributed by atoms with van der Waals surface area (Å²) in [5, 5.41) is 3.57. The number of hydrogen-bond donors (Lipinski definition) is 1. The third-order valence-electron chi connectivity index (χ3n) is 5.28. The van der Waals surface area contributed by atoms with Crippen molar-refractivity contribution in [2.24, 2.45) is 5.92 Å². The predicted molar refractivity (Wildman–Crippen MR) is 93.7 cm³/mol. The smallest absolute Gasteiger partial charge is 0.257 e. The zero-order valence-corrected chi connectivity index (χ0v) is 14.3. The normalized spacial score (nSPS) is 25.7. The Kier molecular flexibility index (Phi) is 5.52. The molecule has 0 radical (unpaired) electrons. The van der Waals surface area contributed by atoms with E-state index < -0.39 is 0 Å². The second-order valence-corrected chi connectivity index (χ2v) is 7.21. The average molecular weight is 315 g/mol. The largest absolute Gasteiger partial charge is 0.367 e. The highest BCUT2D eigenvalue weighted by molar-refractivity contribution is 5.98. The third kappa shape index (κ3) is 4.24. The van der Waals surface area contributed by atoms with E-state index in [1.165, 1.54) is 38.5 Å². The van der Waals surface area contributed by atoms with Crippen LogP contribution in [0, 0.1) is 5.92 Å². The molecule has 1 N–H and O–H groups in total. The number of nitrogens with one attached hydrogen (secondary N) is 1. The first kappa shape index (κ1) is 16.3. The number of pyridine rings is 1. The van der Waals surface area contributed by atoms with Gasteiger partial charge in [0.15, 0.2) is 0 Å². The van der Waals surface area contributed by atoms with Gasteiger partial charge in [-0.3, -0.25) is 4.79 Å². The highest BCUT2D eigenvalue weighted by Gasteiger charge is 2.23. The molecule has 1 amide bonds. The molecule has 2 fully saturated rings. The fourth-order valence-corrected chi connectivity index (χ4v) is 3.79. The molecule has 1 aromatic heterocycles. The van der Waals surface area contributed by atoms with Gasteiger partial charge in [0.05, 0.1) is 5.56 Å². The molecule has 4 heteroatoms. The van der Waals surface area contributed by atoms with E-state index in [0.717, 1.165) is 43.2 Å². The van der Waals surface area contributed by atoms with Crippen LogP contribution in [0.5, 0.6) is 0 Å². The van der Waals surface area contributed by atoms with Gasteiger partial charge in [-0.2, -0.15) is 0 Å². The summed E-state index contributed by atoms with van der Waals surface area (Å²) in [7, 11) is 0. The molecular weight excluding hydrogens is 286 g/mol. The van der Waals surface area contributed by atoms with Gasteiger partial charge in [-0.1, -0.05) is 19.8 Å². The van der Waals surface area contributed by atoms with E-state index in [9.17, 15) is 4.79 Å². The Morgan fingerprint density at radius 2 is 1.96 bits per heavy atom. The molecule has 2 aliphatic rings. The van der Waals surface area contributed by atoms with Gasteiger partial charge in [-0.05, 0) is 56.6 Å². The van der Waals surface area contributed by atoms with Crippen molar-refractivity contribution >= 4 is 11.7 Å². The maximum atomic E-state index is 12.8. The Labute approximate surface area is 139 Å². The van der Waals surface area contributed by atoms with Crippen LogP contribution in [0.2, 0.25) is 0 Å². The van der Waals surface area contributed by atoms with Crippen molar-refractivity contribution in [1.82, 2.24) is 9.88 Å². The van der Waals surface area contributed by atoms with Gasteiger partial charge in [-0.25, -0.2) is 4.98 Å². The van der Waals surface area contributed by atoms with E-state index in [1.54, 1.807) is 6.20 Å². The molecule has 2 unspecified atom stereocenters. The van der Waals surface area contributed by atoms with Crippen LogP contribution in [0.15, 0.2) is 18.3 Å². The number of likely N-dealkylation sites (tertiary alicyclic amines) is 1. The molecule has 4 nitrogen and oxygen atoms in total. The molecule has 3 rings (SSSR count). The summed E-state index contributed by atoms with van der Waals surface area (Å²) < 4.78 is 0. The molecule has 1 aliphatic carbocycles. The molecule has 1 aliphatic heterocycles. The van der Waals surface area contributed by atoms with Crippen molar-refractivity contribution in [3.05, 3.63) is 23.9 Å². The number of anilines is 1. The number of aromatic nitrogens is 1. The van der Waals surface area contributed by atoms with E-state index in [0.29, 0.717) is 6.04 Å². The molecule has 126 valence electrons. The fourth-order valence-electron chi connectivity index (χ4n) is 3.79. The molecule has 23 heavy (non-hydrogen) atoms. The maximum absolute atomic E-state index is 12.8. The Hall–Kier alpha value is -1.58. The van der Waals surface area contributed by atoms with Crippen LogP contribution in [0.4, 0.5) is 5.82 Å². The van der Waals surface area contributed by atoms with Gasteiger partial charge < -0.3 is 10.2 Å². The number of carbonyl (C=O) groups is 1. The Bertz CT molecular complexity index is 525. The average Bonchev–Trinajstić information content (AvgIpc) is 2.80. The SMILES string of the molecule is CC1CCCC(Nc2ncccc2C(=O)N2CCCCC2)CC1. The summed E-state index contributed by atoms with van der Waals surface area (Å²) in [4.78, 5) is 19.3. The third-order valence-corrected chi connectivity index (χ3v) is 5.28. The molecule has 0 aromatic carbocycles. The molecule has 2 atom stereocenters. The molecule has 0 bridgehead atoms. The minimum atomic E-state index is 0.141. The summed E-state index contributed by atoms with van der Waals surface area (Å²) in [5.74, 6) is 1.74. The lowest BCUT2D eigenvalue weighted by atomic mass is 10.0. The number of nitrogens with zero attached hydrogens (tertiary/aromatic N) is 2. The van der Waals surface area contributed by atoms with Crippen molar-refractivity contribution in [3.63, 3.8) is 0 Å². The summed E-state index contributed by atoms with van der Waals surface area (Å²) in [6.45, 7) is 4.11. The van der Waals surface area contributed by atoms with E-state index in [1.807, 2.05) is 17.0 Å². The number of amides is 1. The monoisotopic (exact) mass is 315 g/mol. The van der Waals surface area contributed by atoms with Crippen LogP contribution < -0.4 is 5.32 Å². The van der Waals surface area contributed by atoms with E-state index in [-0.39, 0.29) is 5.91 Å². The van der Waals surface area contributed by atoms with Crippen LogP contribution in [0.25, 0.3) is 0 Å². The number of rotatable bonds is 3. The van der Waals surface area contributed by atoms with Gasteiger partial charge >= 0.3 is 0 Å². The van der Waals surface area contributed by atoms with Crippen molar-refractivity contribution < 1.29 is 4.79 Å². The van der Waals surface area contributed by atoms with Crippen molar-refractivity contribution in [2.75, 3.05) is 18.4 Å². The summed E-state index contributed by atoms with van der Waals surface area (Å²) >= 11 is 0. The van der Waals surface area contributed by atoms with Crippen molar-refractivity contribution in [2.45, 2.75) is 64.3 Å². The summed E-state index contributed by atoms with van der Waals surface area (Å²) in [5.41, 5.74) is 0.742. The quantitative estimate of drug-likeness (QED) is 0.855. The number of piperidine rings is 1. The zero-order valence-electron chi connectivity index (χ0n) is 14.3. The standard InChI is InChI=1S/C19H29N3O/c1-15-7-5-8-16(11-10-15)21-18-17(9-6-12-20-18)19(23)22-13-3-2-4-14-22/h6,9,12,15-16H,2-5,7-8,10-11,13-14H2,1H3,(H,20,21). The van der Waals surface area contributed by atoms with Gasteiger partial charge in [0.1, 0.15) is 5.82 Å². The lowest BCUT2D eigenvalue weighted by molar-refractivity contribution is 0.0725. The molecule has 1 aromatic rings. The maximum Gasteiger partial charge on any atom is 0.257 e. The second kappa shape index (κ2) is 7.80. The van der Waals surface area contributed by atoms with Crippen LogP contribution in [0.1, 0.15) is 68.6 Å². The molecule has 0 spiro atoms. The highest BCUT2D eigenvalue weighted by atomic mass is 16.2. The molecule has 2 heterocycles. The zero-order chi connectivity index (χ0) is 16.1. The first-order valence-electron chi connectivity index (χ1n) is 9.25. The van der Waals surface area contributed by atoms with Crippen LogP contribution in [-0.4, -0.2) is 34.9 Å². The van der Waals surface area contributed by atoms with Gasteiger partial charge in [0.2, 0.25) is 0 Å². The van der Waals surface area contributed by atoms with Crippen molar-refractivity contribution in [1.29, 1.82) is 0 Å². The summed E-state index contributed by atoms with van der Waals surface area (Å²) in [6.07, 6.45) is 11.5. The lowest BCUT2D eigenvalue weighted by Crippen LogP contribution is -2.36. The van der Waals surface area contributed by atoms with Crippen LogP contribution >= 0.6 is 0 Å². The number of carbonyl (C=O) groups excluding carboxylic acids is 1. The minimum Gasteiger partial charge on any atom is -0.367 e. The van der Waals surface area contributed by atoms with E-state index in [4.69, 9.17) is 0 Å². The van der Waals surface area contributed by atoms with Crippen molar-refractivity contribution in [3.8, 4) is 0 Å².